The van der Waals surface area contributed by atoms with Gasteiger partial charge in [0, 0.05) is 20.2 Å². The van der Waals surface area contributed by atoms with E-state index in [1.807, 2.05) is 51.1 Å². The van der Waals surface area contributed by atoms with E-state index in [0.29, 0.717) is 32.5 Å². The van der Waals surface area contributed by atoms with Crippen molar-refractivity contribution in [3.05, 3.63) is 35.9 Å². The second kappa shape index (κ2) is 9.08. The van der Waals surface area contributed by atoms with Crippen molar-refractivity contribution < 1.29 is 23.8 Å². The minimum atomic E-state index is -0.517. The van der Waals surface area contributed by atoms with Crippen molar-refractivity contribution in [3.8, 4) is 0 Å². The minimum absolute atomic E-state index is 0.221. The molecule has 0 saturated carbocycles. The number of hydrogen-bond donors (Lipinski definition) is 1. The molecule has 1 N–H and O–H groups in total. The summed E-state index contributed by atoms with van der Waals surface area (Å²) in [5.74, 6) is 0. The number of alkyl carbamates (subject to hydrolysis) is 1. The van der Waals surface area contributed by atoms with Crippen LogP contribution in [0.4, 0.5) is 9.59 Å². The van der Waals surface area contributed by atoms with Crippen LogP contribution in [0.15, 0.2) is 30.3 Å². The number of nitrogens with zero attached hydrogens (tertiary/aromatic N) is 1. The molecule has 0 radical (unpaired) electrons. The number of nitrogens with one attached hydrogen (secondary N) is 1. The fourth-order valence-electron chi connectivity index (χ4n) is 2.88. The van der Waals surface area contributed by atoms with E-state index in [1.54, 1.807) is 12.0 Å². The number of rotatable bonds is 5. The third kappa shape index (κ3) is 6.75. The molecule has 7 heteroatoms. The number of amides is 2. The van der Waals surface area contributed by atoms with Gasteiger partial charge in [-0.3, -0.25) is 0 Å². The molecule has 0 spiro atoms. The normalized spacial score (nSPS) is 16.5. The van der Waals surface area contributed by atoms with Gasteiger partial charge in [0.1, 0.15) is 12.2 Å². The highest BCUT2D eigenvalue weighted by atomic mass is 16.6. The van der Waals surface area contributed by atoms with Gasteiger partial charge in [0.25, 0.3) is 0 Å². The van der Waals surface area contributed by atoms with Crippen molar-refractivity contribution in [2.75, 3.05) is 26.7 Å². The van der Waals surface area contributed by atoms with Crippen molar-refractivity contribution in [2.24, 2.45) is 0 Å². The van der Waals surface area contributed by atoms with E-state index >= 15 is 0 Å². The highest BCUT2D eigenvalue weighted by molar-refractivity contribution is 5.68. The molecule has 1 aromatic carbocycles. The lowest BCUT2D eigenvalue weighted by atomic mass is 9.91. The maximum absolute atomic E-state index is 12.2. The van der Waals surface area contributed by atoms with Gasteiger partial charge in [-0.2, -0.15) is 0 Å². The van der Waals surface area contributed by atoms with Crippen molar-refractivity contribution in [1.29, 1.82) is 0 Å². The Morgan fingerprint density at radius 3 is 2.33 bits per heavy atom. The van der Waals surface area contributed by atoms with Gasteiger partial charge in [0.05, 0.1) is 12.1 Å². The summed E-state index contributed by atoms with van der Waals surface area (Å²) >= 11 is 0. The molecule has 150 valence electrons. The van der Waals surface area contributed by atoms with Crippen LogP contribution in [-0.2, 0) is 20.8 Å². The zero-order valence-electron chi connectivity index (χ0n) is 16.6. The Kier molecular flexibility index (Phi) is 7.07. The van der Waals surface area contributed by atoms with Crippen LogP contribution >= 0.6 is 0 Å². The van der Waals surface area contributed by atoms with E-state index in [0.717, 1.165) is 5.56 Å². The fraction of sp³-hybridized carbons (Fsp3) is 0.600. The summed E-state index contributed by atoms with van der Waals surface area (Å²) in [6.45, 7) is 7.13. The number of likely N-dealkylation sites (tertiary alicyclic amines) is 1. The summed E-state index contributed by atoms with van der Waals surface area (Å²) < 4.78 is 16.3. The number of carbonyl (C=O) groups is 2. The minimum Gasteiger partial charge on any atom is -0.445 e. The monoisotopic (exact) mass is 378 g/mol. The molecule has 0 aliphatic carbocycles. The predicted octanol–water partition coefficient (Wildman–Crippen LogP) is 3.33. The average Bonchev–Trinajstić information content (AvgIpc) is 2.64. The quantitative estimate of drug-likeness (QED) is 0.850. The molecule has 1 saturated heterocycles. The molecule has 2 rings (SSSR count). The van der Waals surface area contributed by atoms with Gasteiger partial charge in [0.2, 0.25) is 0 Å². The van der Waals surface area contributed by atoms with Gasteiger partial charge in [0.15, 0.2) is 0 Å². The van der Waals surface area contributed by atoms with Crippen LogP contribution in [0.1, 0.15) is 39.2 Å². The van der Waals surface area contributed by atoms with Crippen molar-refractivity contribution in [1.82, 2.24) is 10.2 Å². The van der Waals surface area contributed by atoms with E-state index in [1.165, 1.54) is 0 Å². The Morgan fingerprint density at radius 1 is 1.15 bits per heavy atom. The first-order valence-electron chi connectivity index (χ1n) is 9.21. The van der Waals surface area contributed by atoms with Gasteiger partial charge in [-0.25, -0.2) is 9.59 Å². The standard InChI is InChI=1S/C20H30N2O5/c1-19(2,3)27-18(24)22-12-10-20(25-4,11-13-22)15-21-17(23)26-14-16-8-6-5-7-9-16/h5-9H,10-15H2,1-4H3,(H,21,23). The largest absolute Gasteiger partial charge is 0.445 e. The van der Waals surface area contributed by atoms with Crippen LogP contribution in [0.2, 0.25) is 0 Å². The van der Waals surface area contributed by atoms with Crippen LogP contribution in [-0.4, -0.2) is 55.0 Å². The van der Waals surface area contributed by atoms with Gasteiger partial charge in [-0.15, -0.1) is 0 Å². The molecular weight excluding hydrogens is 348 g/mol. The summed E-state index contributed by atoms with van der Waals surface area (Å²) in [6.07, 6.45) is 0.427. The zero-order valence-corrected chi connectivity index (χ0v) is 16.6. The van der Waals surface area contributed by atoms with Gasteiger partial charge < -0.3 is 24.4 Å². The first-order chi connectivity index (χ1) is 12.7. The van der Waals surface area contributed by atoms with Gasteiger partial charge in [-0.1, -0.05) is 30.3 Å². The number of piperidine rings is 1. The van der Waals surface area contributed by atoms with Crippen LogP contribution in [0.25, 0.3) is 0 Å². The summed E-state index contributed by atoms with van der Waals surface area (Å²) in [7, 11) is 1.63. The van der Waals surface area contributed by atoms with Gasteiger partial charge in [-0.05, 0) is 39.2 Å². The molecule has 0 atom stereocenters. The molecule has 0 aromatic heterocycles. The topological polar surface area (TPSA) is 77.1 Å². The maximum Gasteiger partial charge on any atom is 0.410 e. The molecule has 1 heterocycles. The zero-order chi connectivity index (χ0) is 19.9. The third-order valence-corrected chi connectivity index (χ3v) is 4.53. The lowest BCUT2D eigenvalue weighted by molar-refractivity contribution is -0.0583. The van der Waals surface area contributed by atoms with Crippen molar-refractivity contribution in [2.45, 2.75) is 51.4 Å². The highest BCUT2D eigenvalue weighted by Crippen LogP contribution is 2.26. The van der Waals surface area contributed by atoms with Crippen LogP contribution in [0.3, 0.4) is 0 Å². The van der Waals surface area contributed by atoms with Crippen molar-refractivity contribution >= 4 is 12.2 Å². The Balaban J connectivity index is 1.77. The molecule has 2 amide bonds. The van der Waals surface area contributed by atoms with Crippen LogP contribution in [0, 0.1) is 0 Å². The second-order valence-corrected chi connectivity index (χ2v) is 7.77. The molecule has 27 heavy (non-hydrogen) atoms. The molecule has 1 aliphatic rings. The van der Waals surface area contributed by atoms with E-state index in [2.05, 4.69) is 5.32 Å². The number of hydrogen-bond acceptors (Lipinski definition) is 5. The Labute approximate surface area is 161 Å². The summed E-state index contributed by atoms with van der Waals surface area (Å²) in [6, 6.07) is 9.51. The number of ether oxygens (including phenoxy) is 3. The molecular formula is C20H30N2O5. The van der Waals surface area contributed by atoms with Gasteiger partial charge >= 0.3 is 12.2 Å². The summed E-state index contributed by atoms with van der Waals surface area (Å²) in [4.78, 5) is 25.8. The predicted molar refractivity (Wildman–Crippen MR) is 101 cm³/mol. The number of carbonyl (C=O) groups excluding carboxylic acids is 2. The van der Waals surface area contributed by atoms with E-state index in [4.69, 9.17) is 14.2 Å². The lowest BCUT2D eigenvalue weighted by Gasteiger charge is -2.40. The van der Waals surface area contributed by atoms with E-state index in [9.17, 15) is 9.59 Å². The molecule has 0 bridgehead atoms. The van der Waals surface area contributed by atoms with Crippen molar-refractivity contribution in [3.63, 3.8) is 0 Å². The maximum atomic E-state index is 12.2. The Hall–Kier alpha value is -2.28. The Morgan fingerprint density at radius 2 is 1.78 bits per heavy atom. The van der Waals surface area contributed by atoms with E-state index < -0.39 is 17.3 Å². The van der Waals surface area contributed by atoms with Crippen LogP contribution in [0.5, 0.6) is 0 Å². The first-order valence-corrected chi connectivity index (χ1v) is 9.21. The molecule has 0 unspecified atom stereocenters. The second-order valence-electron chi connectivity index (χ2n) is 7.77. The SMILES string of the molecule is COC1(CNC(=O)OCc2ccccc2)CCN(C(=O)OC(C)(C)C)CC1. The third-order valence-electron chi connectivity index (χ3n) is 4.53. The first kappa shape index (κ1) is 21.0. The summed E-state index contributed by atoms with van der Waals surface area (Å²) in [5.41, 5.74) is -0.0962. The Bertz CT molecular complexity index is 619. The molecule has 7 nitrogen and oxygen atoms in total. The number of methoxy groups -OCH3 is 1. The molecule has 1 aromatic rings. The number of benzene rings is 1. The highest BCUT2D eigenvalue weighted by Gasteiger charge is 2.37. The summed E-state index contributed by atoms with van der Waals surface area (Å²) in [5, 5.41) is 2.78. The molecule has 1 fully saturated rings. The average molecular weight is 378 g/mol. The fourth-order valence-corrected chi connectivity index (χ4v) is 2.88. The lowest BCUT2D eigenvalue weighted by Crippen LogP contribution is -2.53. The smallest absolute Gasteiger partial charge is 0.410 e. The van der Waals surface area contributed by atoms with Crippen LogP contribution < -0.4 is 5.32 Å². The van der Waals surface area contributed by atoms with E-state index in [-0.39, 0.29) is 12.7 Å². The molecule has 1 aliphatic heterocycles.